The fraction of sp³-hybridized carbons (Fsp3) is 0.364. The molecule has 0 bridgehead atoms. The number of hydrogen-bond acceptors (Lipinski definition) is 6. The minimum absolute atomic E-state index is 0.181. The fourth-order valence-corrected chi connectivity index (χ4v) is 3.21. The first-order valence-corrected chi connectivity index (χ1v) is 9.30. The summed E-state index contributed by atoms with van der Waals surface area (Å²) in [5.41, 5.74) is 0.488. The second-order valence-corrected chi connectivity index (χ2v) is 6.70. The Kier molecular flexibility index (Phi) is 6.53. The molecule has 0 N–H and O–H groups in total. The minimum atomic E-state index is -0.355. The number of carbonyl (C=O) groups is 2. The Hall–Kier alpha value is -3.02. The number of benzene rings is 2. The van der Waals surface area contributed by atoms with Crippen LogP contribution in [0.5, 0.6) is 17.2 Å². The van der Waals surface area contributed by atoms with Gasteiger partial charge in [-0.1, -0.05) is 0 Å². The van der Waals surface area contributed by atoms with E-state index in [4.69, 9.17) is 18.9 Å². The lowest BCUT2D eigenvalue weighted by Gasteiger charge is -2.27. The second kappa shape index (κ2) is 9.26. The Morgan fingerprint density at radius 2 is 1.25 bits per heavy atom. The molecule has 3 rings (SSSR count). The number of rotatable bonds is 6. The third-order valence-corrected chi connectivity index (χ3v) is 4.88. The van der Waals surface area contributed by atoms with Gasteiger partial charge in [-0.15, -0.1) is 0 Å². The highest BCUT2D eigenvalue weighted by Gasteiger charge is 2.29. The van der Waals surface area contributed by atoms with E-state index in [1.54, 1.807) is 62.8 Å². The van der Waals surface area contributed by atoms with Crippen molar-refractivity contribution in [3.8, 4) is 17.2 Å². The summed E-state index contributed by atoms with van der Waals surface area (Å²) in [5.74, 6) is 1.11. The Morgan fingerprint density at radius 3 is 1.79 bits per heavy atom. The van der Waals surface area contributed by atoms with Crippen molar-refractivity contribution in [1.29, 1.82) is 0 Å². The van der Waals surface area contributed by atoms with Gasteiger partial charge in [0.1, 0.15) is 23.4 Å². The van der Waals surface area contributed by atoms with Crippen LogP contribution in [0.15, 0.2) is 48.5 Å². The first-order valence-electron chi connectivity index (χ1n) is 9.30. The predicted molar refractivity (Wildman–Crippen MR) is 103 cm³/mol. The summed E-state index contributed by atoms with van der Waals surface area (Å²) in [7, 11) is 3.16. The highest BCUT2D eigenvalue weighted by atomic mass is 16.5. The molecule has 0 spiro atoms. The van der Waals surface area contributed by atoms with Crippen LogP contribution < -0.4 is 14.2 Å². The van der Waals surface area contributed by atoms with E-state index in [2.05, 4.69) is 0 Å². The molecule has 0 atom stereocenters. The van der Waals surface area contributed by atoms with Crippen molar-refractivity contribution in [2.45, 2.75) is 31.8 Å². The molecule has 1 saturated carbocycles. The van der Waals surface area contributed by atoms with Crippen LogP contribution >= 0.6 is 0 Å². The number of ether oxygens (including phenoxy) is 4. The molecule has 0 unspecified atom stereocenters. The molecule has 6 heteroatoms. The van der Waals surface area contributed by atoms with Crippen molar-refractivity contribution in [3.05, 3.63) is 54.1 Å². The molecule has 6 nitrogen and oxygen atoms in total. The molecular formula is C22H24O6. The van der Waals surface area contributed by atoms with E-state index < -0.39 is 0 Å². The first-order chi connectivity index (χ1) is 13.6. The summed E-state index contributed by atoms with van der Waals surface area (Å²) in [6.45, 7) is 0. The van der Waals surface area contributed by atoms with E-state index in [9.17, 15) is 9.59 Å². The van der Waals surface area contributed by atoms with Crippen molar-refractivity contribution in [1.82, 2.24) is 0 Å². The Labute approximate surface area is 164 Å². The van der Waals surface area contributed by atoms with Gasteiger partial charge in [-0.2, -0.15) is 0 Å². The van der Waals surface area contributed by atoms with E-state index in [-0.39, 0.29) is 24.0 Å². The summed E-state index contributed by atoms with van der Waals surface area (Å²) < 4.78 is 21.2. The monoisotopic (exact) mass is 384 g/mol. The molecule has 1 aliphatic rings. The normalized spacial score (nSPS) is 18.8. The zero-order valence-corrected chi connectivity index (χ0v) is 16.1. The van der Waals surface area contributed by atoms with Gasteiger partial charge in [0.25, 0.3) is 0 Å². The smallest absolute Gasteiger partial charge is 0.338 e. The van der Waals surface area contributed by atoms with Crippen molar-refractivity contribution in [2.24, 2.45) is 5.92 Å². The zero-order chi connectivity index (χ0) is 19.9. The van der Waals surface area contributed by atoms with Crippen LogP contribution in [0.2, 0.25) is 0 Å². The summed E-state index contributed by atoms with van der Waals surface area (Å²) in [6.07, 6.45) is 2.37. The van der Waals surface area contributed by atoms with Gasteiger partial charge >= 0.3 is 11.9 Å². The molecule has 0 radical (unpaired) electrons. The maximum atomic E-state index is 12.4. The lowest BCUT2D eigenvalue weighted by Crippen LogP contribution is -2.30. The molecule has 28 heavy (non-hydrogen) atoms. The Bertz CT molecular complexity index is 789. The highest BCUT2D eigenvalue weighted by molar-refractivity contribution is 5.89. The maximum absolute atomic E-state index is 12.4. The largest absolute Gasteiger partial charge is 0.497 e. The van der Waals surface area contributed by atoms with Crippen LogP contribution in [0, 0.1) is 5.92 Å². The van der Waals surface area contributed by atoms with Crippen molar-refractivity contribution >= 4 is 11.9 Å². The standard InChI is InChI=1S/C22H24O6/c1-25-17-7-3-15(4-8-17)21(23)27-19-9-5-16(6-10-19)22(24)28-20-13-11-18(26-2)12-14-20/h3-4,7-8,11-14,16,19H,5-6,9-10H2,1-2H3. The number of carbonyl (C=O) groups excluding carboxylic acids is 2. The second-order valence-electron chi connectivity index (χ2n) is 6.70. The van der Waals surface area contributed by atoms with Gasteiger partial charge in [0.05, 0.1) is 25.7 Å². The van der Waals surface area contributed by atoms with Gasteiger partial charge in [0, 0.05) is 0 Å². The summed E-state index contributed by atoms with van der Waals surface area (Å²) >= 11 is 0. The van der Waals surface area contributed by atoms with Crippen molar-refractivity contribution in [2.75, 3.05) is 14.2 Å². The van der Waals surface area contributed by atoms with Crippen molar-refractivity contribution in [3.63, 3.8) is 0 Å². The molecule has 0 saturated heterocycles. The SMILES string of the molecule is COc1ccc(OC(=O)C2CCC(OC(=O)c3ccc(OC)cc3)CC2)cc1. The molecule has 0 heterocycles. The van der Waals surface area contributed by atoms with E-state index in [1.165, 1.54) is 0 Å². The minimum Gasteiger partial charge on any atom is -0.497 e. The third-order valence-electron chi connectivity index (χ3n) is 4.88. The molecule has 1 aliphatic carbocycles. The van der Waals surface area contributed by atoms with E-state index in [1.807, 2.05) is 0 Å². The molecule has 2 aromatic carbocycles. The molecule has 148 valence electrons. The average molecular weight is 384 g/mol. The van der Waals surface area contributed by atoms with E-state index >= 15 is 0 Å². The van der Waals surface area contributed by atoms with Gasteiger partial charge in [-0.05, 0) is 74.2 Å². The van der Waals surface area contributed by atoms with Crippen molar-refractivity contribution < 1.29 is 28.5 Å². The molecule has 2 aromatic rings. The maximum Gasteiger partial charge on any atom is 0.338 e. The topological polar surface area (TPSA) is 71.1 Å². The Morgan fingerprint density at radius 1 is 0.750 bits per heavy atom. The van der Waals surface area contributed by atoms with Gasteiger partial charge in [0.2, 0.25) is 0 Å². The molecule has 0 amide bonds. The lowest BCUT2D eigenvalue weighted by atomic mass is 9.87. The van der Waals surface area contributed by atoms with Gasteiger partial charge < -0.3 is 18.9 Å². The average Bonchev–Trinajstić information content (AvgIpc) is 2.74. The van der Waals surface area contributed by atoms with Gasteiger partial charge in [-0.3, -0.25) is 4.79 Å². The lowest BCUT2D eigenvalue weighted by molar-refractivity contribution is -0.140. The predicted octanol–water partition coefficient (Wildman–Crippen LogP) is 4.03. The van der Waals surface area contributed by atoms with Crippen LogP contribution in [0.25, 0.3) is 0 Å². The van der Waals surface area contributed by atoms with Gasteiger partial charge in [-0.25, -0.2) is 4.79 Å². The van der Waals surface area contributed by atoms with Crippen LogP contribution in [0.1, 0.15) is 36.0 Å². The zero-order valence-electron chi connectivity index (χ0n) is 16.1. The summed E-state index contributed by atoms with van der Waals surface area (Å²) in [4.78, 5) is 24.6. The summed E-state index contributed by atoms with van der Waals surface area (Å²) in [5, 5.41) is 0. The third kappa shape index (κ3) is 5.03. The van der Waals surface area contributed by atoms with E-state index in [0.717, 1.165) is 0 Å². The summed E-state index contributed by atoms with van der Waals surface area (Å²) in [6, 6.07) is 13.7. The quantitative estimate of drug-likeness (QED) is 0.553. The number of methoxy groups -OCH3 is 2. The first kappa shape index (κ1) is 19.7. The molecule has 0 aromatic heterocycles. The fourth-order valence-electron chi connectivity index (χ4n) is 3.21. The van der Waals surface area contributed by atoms with Gasteiger partial charge in [0.15, 0.2) is 0 Å². The molecular weight excluding hydrogens is 360 g/mol. The van der Waals surface area contributed by atoms with Crippen LogP contribution in [0.3, 0.4) is 0 Å². The van der Waals surface area contributed by atoms with Crippen LogP contribution in [0.4, 0.5) is 0 Å². The van der Waals surface area contributed by atoms with Crippen LogP contribution in [-0.2, 0) is 9.53 Å². The molecule has 1 fully saturated rings. The number of esters is 2. The van der Waals surface area contributed by atoms with Crippen LogP contribution in [-0.4, -0.2) is 32.3 Å². The molecule has 0 aliphatic heterocycles. The number of hydrogen-bond donors (Lipinski definition) is 0. The highest BCUT2D eigenvalue weighted by Crippen LogP contribution is 2.29. The Balaban J connectivity index is 1.46. The van der Waals surface area contributed by atoms with E-state index in [0.29, 0.717) is 48.5 Å².